The molecule has 82 valence electrons. The van der Waals surface area contributed by atoms with Crippen LogP contribution in [0.5, 0.6) is 0 Å². The van der Waals surface area contributed by atoms with Crippen molar-refractivity contribution in [1.82, 2.24) is 5.32 Å². The van der Waals surface area contributed by atoms with Gasteiger partial charge in [-0.1, -0.05) is 50.6 Å². The van der Waals surface area contributed by atoms with Gasteiger partial charge >= 0.3 is 0 Å². The maximum atomic E-state index is 11.6. The Hall–Kier alpha value is -1.31. The van der Waals surface area contributed by atoms with Gasteiger partial charge in [0.15, 0.2) is 0 Å². The Morgan fingerprint density at radius 3 is 2.60 bits per heavy atom. The zero-order chi connectivity index (χ0) is 11.1. The van der Waals surface area contributed by atoms with Crippen LogP contribution in [0, 0.1) is 5.92 Å². The molecule has 1 N–H and O–H groups in total. The molecule has 1 aromatic rings. The summed E-state index contributed by atoms with van der Waals surface area (Å²) in [4.78, 5) is 11.6. The second-order valence-electron chi connectivity index (χ2n) is 3.89. The molecule has 0 aliphatic heterocycles. The topological polar surface area (TPSA) is 29.1 Å². The fourth-order valence-corrected chi connectivity index (χ4v) is 1.52. The Bertz CT molecular complexity index is 295. The van der Waals surface area contributed by atoms with E-state index >= 15 is 0 Å². The molecule has 0 bridgehead atoms. The van der Waals surface area contributed by atoms with E-state index < -0.39 is 0 Å². The van der Waals surface area contributed by atoms with Gasteiger partial charge in [-0.05, 0) is 12.0 Å². The van der Waals surface area contributed by atoms with Crippen molar-refractivity contribution < 1.29 is 4.79 Å². The Morgan fingerprint density at radius 1 is 1.33 bits per heavy atom. The van der Waals surface area contributed by atoms with Crippen molar-refractivity contribution in [3.05, 3.63) is 35.9 Å². The fraction of sp³-hybridized carbons (Fsp3) is 0.462. The maximum absolute atomic E-state index is 11.6. The monoisotopic (exact) mass is 205 g/mol. The van der Waals surface area contributed by atoms with E-state index in [1.165, 1.54) is 0 Å². The van der Waals surface area contributed by atoms with Crippen molar-refractivity contribution in [2.45, 2.75) is 33.2 Å². The van der Waals surface area contributed by atoms with Gasteiger partial charge in [0, 0.05) is 12.5 Å². The zero-order valence-electron chi connectivity index (χ0n) is 9.49. The van der Waals surface area contributed by atoms with Crippen LogP contribution in [0.3, 0.4) is 0 Å². The van der Waals surface area contributed by atoms with E-state index in [1.54, 1.807) is 0 Å². The second-order valence-corrected chi connectivity index (χ2v) is 3.89. The maximum Gasteiger partial charge on any atom is 0.223 e. The van der Waals surface area contributed by atoms with Crippen LogP contribution in [-0.4, -0.2) is 5.91 Å². The number of rotatable bonds is 5. The first-order valence-electron chi connectivity index (χ1n) is 5.55. The lowest BCUT2D eigenvalue weighted by Gasteiger charge is -2.10. The van der Waals surface area contributed by atoms with Crippen molar-refractivity contribution in [1.29, 1.82) is 0 Å². The summed E-state index contributed by atoms with van der Waals surface area (Å²) in [7, 11) is 0. The number of carbonyl (C=O) groups excluding carboxylic acids is 1. The fourth-order valence-electron chi connectivity index (χ4n) is 1.52. The molecular formula is C13H19NO. The molecule has 0 spiro atoms. The molecule has 0 unspecified atom stereocenters. The lowest BCUT2D eigenvalue weighted by molar-refractivity contribution is -0.124. The van der Waals surface area contributed by atoms with Crippen molar-refractivity contribution in [3.63, 3.8) is 0 Å². The van der Waals surface area contributed by atoms with E-state index in [9.17, 15) is 4.79 Å². The summed E-state index contributed by atoms with van der Waals surface area (Å²) in [6.07, 6.45) is 2.01. The predicted molar refractivity (Wildman–Crippen MR) is 62.4 cm³/mol. The lowest BCUT2D eigenvalue weighted by Crippen LogP contribution is -2.28. The number of benzene rings is 1. The molecule has 0 fully saturated rings. The molecule has 1 atom stereocenters. The first-order chi connectivity index (χ1) is 7.24. The predicted octanol–water partition coefficient (Wildman–Crippen LogP) is 2.74. The SMILES string of the molecule is CCC[C@H](C)C(=O)NCc1ccccc1. The van der Waals surface area contributed by atoms with E-state index in [0.717, 1.165) is 18.4 Å². The standard InChI is InChI=1S/C13H19NO/c1-3-7-11(2)13(15)14-10-12-8-5-4-6-9-12/h4-6,8-9,11H,3,7,10H2,1-2H3,(H,14,15)/t11-/m0/s1. The second kappa shape index (κ2) is 6.23. The van der Waals surface area contributed by atoms with Gasteiger partial charge in [0.1, 0.15) is 0 Å². The first kappa shape index (κ1) is 11.8. The number of nitrogens with one attached hydrogen (secondary N) is 1. The lowest BCUT2D eigenvalue weighted by atomic mass is 10.1. The van der Waals surface area contributed by atoms with Crippen LogP contribution < -0.4 is 5.32 Å². The van der Waals surface area contributed by atoms with Crippen LogP contribution in [0.2, 0.25) is 0 Å². The average Bonchev–Trinajstić information content (AvgIpc) is 2.27. The van der Waals surface area contributed by atoms with Gasteiger partial charge in [-0.15, -0.1) is 0 Å². The molecule has 0 aromatic heterocycles. The summed E-state index contributed by atoms with van der Waals surface area (Å²) in [5.41, 5.74) is 1.15. The van der Waals surface area contributed by atoms with Gasteiger partial charge in [0.2, 0.25) is 5.91 Å². The van der Waals surface area contributed by atoms with Gasteiger partial charge in [-0.25, -0.2) is 0 Å². The number of carbonyl (C=O) groups is 1. The molecule has 1 aromatic carbocycles. The molecule has 1 rings (SSSR count). The Morgan fingerprint density at radius 2 is 2.00 bits per heavy atom. The molecule has 15 heavy (non-hydrogen) atoms. The van der Waals surface area contributed by atoms with Crippen LogP contribution in [0.25, 0.3) is 0 Å². The Balaban J connectivity index is 2.34. The van der Waals surface area contributed by atoms with Crippen LogP contribution in [0.1, 0.15) is 32.3 Å². The van der Waals surface area contributed by atoms with Gasteiger partial charge in [0.05, 0.1) is 0 Å². The molecule has 0 aliphatic carbocycles. The third-order valence-electron chi connectivity index (χ3n) is 2.48. The minimum absolute atomic E-state index is 0.124. The summed E-state index contributed by atoms with van der Waals surface area (Å²) < 4.78 is 0. The molecule has 0 saturated carbocycles. The molecule has 0 radical (unpaired) electrons. The summed E-state index contributed by atoms with van der Waals surface area (Å²) in [5, 5.41) is 2.94. The number of hydrogen-bond acceptors (Lipinski definition) is 1. The molecule has 1 amide bonds. The van der Waals surface area contributed by atoms with Gasteiger partial charge < -0.3 is 5.32 Å². The van der Waals surface area contributed by atoms with Crippen molar-refractivity contribution in [3.8, 4) is 0 Å². The van der Waals surface area contributed by atoms with Crippen LogP contribution in [0.15, 0.2) is 30.3 Å². The van der Waals surface area contributed by atoms with Gasteiger partial charge in [0.25, 0.3) is 0 Å². The molecule has 0 heterocycles. The largest absolute Gasteiger partial charge is 0.352 e. The van der Waals surface area contributed by atoms with E-state index in [4.69, 9.17) is 0 Å². The van der Waals surface area contributed by atoms with Crippen LogP contribution in [0.4, 0.5) is 0 Å². The summed E-state index contributed by atoms with van der Waals surface area (Å²) in [6, 6.07) is 9.98. The van der Waals surface area contributed by atoms with E-state index in [2.05, 4.69) is 12.2 Å². The van der Waals surface area contributed by atoms with Crippen LogP contribution >= 0.6 is 0 Å². The Labute approximate surface area is 91.7 Å². The van der Waals surface area contributed by atoms with Gasteiger partial charge in [-0.2, -0.15) is 0 Å². The summed E-state index contributed by atoms with van der Waals surface area (Å²) in [6.45, 7) is 4.71. The number of amides is 1. The van der Waals surface area contributed by atoms with Crippen LogP contribution in [-0.2, 0) is 11.3 Å². The highest BCUT2D eigenvalue weighted by atomic mass is 16.1. The van der Waals surface area contributed by atoms with Crippen molar-refractivity contribution in [2.24, 2.45) is 5.92 Å². The van der Waals surface area contributed by atoms with Crippen molar-refractivity contribution in [2.75, 3.05) is 0 Å². The molecule has 0 aliphatic rings. The van der Waals surface area contributed by atoms with Gasteiger partial charge in [-0.3, -0.25) is 4.79 Å². The highest BCUT2D eigenvalue weighted by Crippen LogP contribution is 2.05. The van der Waals surface area contributed by atoms with Crippen molar-refractivity contribution >= 4 is 5.91 Å². The summed E-state index contributed by atoms with van der Waals surface area (Å²) in [5.74, 6) is 0.277. The van der Waals surface area contributed by atoms with E-state index in [1.807, 2.05) is 37.3 Å². The number of hydrogen-bond donors (Lipinski definition) is 1. The smallest absolute Gasteiger partial charge is 0.223 e. The third kappa shape index (κ3) is 4.15. The molecule has 2 nitrogen and oxygen atoms in total. The van der Waals surface area contributed by atoms with E-state index in [0.29, 0.717) is 6.54 Å². The van der Waals surface area contributed by atoms with E-state index in [-0.39, 0.29) is 11.8 Å². The Kier molecular flexibility index (Phi) is 4.88. The minimum Gasteiger partial charge on any atom is -0.352 e. The third-order valence-corrected chi connectivity index (χ3v) is 2.48. The highest BCUT2D eigenvalue weighted by molar-refractivity contribution is 5.78. The summed E-state index contributed by atoms with van der Waals surface area (Å²) >= 11 is 0. The normalized spacial score (nSPS) is 12.1. The molecule has 2 heteroatoms. The average molecular weight is 205 g/mol. The zero-order valence-corrected chi connectivity index (χ0v) is 9.49. The minimum atomic E-state index is 0.124. The highest BCUT2D eigenvalue weighted by Gasteiger charge is 2.10. The first-order valence-corrected chi connectivity index (χ1v) is 5.55. The molecule has 0 saturated heterocycles. The molecular weight excluding hydrogens is 186 g/mol. The quantitative estimate of drug-likeness (QED) is 0.786.